The van der Waals surface area contributed by atoms with Gasteiger partial charge in [-0.3, -0.25) is 4.79 Å². The van der Waals surface area contributed by atoms with Crippen LogP contribution in [0.2, 0.25) is 0 Å². The van der Waals surface area contributed by atoms with Crippen LogP contribution in [0.4, 0.5) is 0 Å². The quantitative estimate of drug-likeness (QED) is 0.217. The zero-order valence-corrected chi connectivity index (χ0v) is 5.94. The maximum Gasteiger partial charge on any atom is 0.330 e. The molecular formula is C4H6BClO3. The van der Waals surface area contributed by atoms with Gasteiger partial charge in [0.2, 0.25) is 0 Å². The monoisotopic (exact) mass is 148 g/mol. The van der Waals surface area contributed by atoms with Gasteiger partial charge < -0.3 is 9.53 Å². The Morgan fingerprint density at radius 1 is 1.67 bits per heavy atom. The highest BCUT2D eigenvalue weighted by molar-refractivity contribution is 6.67. The highest BCUT2D eigenvalue weighted by Crippen LogP contribution is 1.96. The van der Waals surface area contributed by atoms with E-state index < -0.39 is 17.0 Å². The fraction of sp³-hybridized carbons (Fsp3) is 0.500. The Labute approximate surface area is 58.7 Å². The summed E-state index contributed by atoms with van der Waals surface area (Å²) >= 11 is 5.24. The molecule has 0 rings (SSSR count). The van der Waals surface area contributed by atoms with Crippen LogP contribution in [-0.4, -0.2) is 32.0 Å². The van der Waals surface area contributed by atoms with Crippen molar-refractivity contribution in [2.45, 2.75) is 5.38 Å². The lowest BCUT2D eigenvalue weighted by atomic mass is 9.99. The molecule has 0 aliphatic rings. The molecule has 0 saturated carbocycles. The Bertz CT molecular complexity index is 136. The maximum atomic E-state index is 10.4. The molecule has 0 aliphatic carbocycles. The number of rotatable bonds is 2. The van der Waals surface area contributed by atoms with E-state index in [0.717, 1.165) is 0 Å². The molecule has 0 aliphatic heterocycles. The van der Waals surface area contributed by atoms with E-state index in [9.17, 15) is 9.59 Å². The predicted molar refractivity (Wildman–Crippen MR) is 35.2 cm³/mol. The molecule has 50 valence electrons. The number of esters is 1. The Balaban J connectivity index is 3.88. The topological polar surface area (TPSA) is 43.4 Å². The molecule has 0 aromatic rings. The molecule has 0 heterocycles. The lowest BCUT2D eigenvalue weighted by Gasteiger charge is -2.00. The second-order valence-corrected chi connectivity index (χ2v) is 1.93. The van der Waals surface area contributed by atoms with E-state index in [4.69, 9.17) is 11.6 Å². The SMILES string of the molecule is BC(=O)C(Cl)C(=O)OC. The normalized spacial score (nSPS) is 12.2. The van der Waals surface area contributed by atoms with E-state index in [1.165, 1.54) is 15.0 Å². The third-order valence-corrected chi connectivity index (χ3v) is 1.25. The molecule has 0 N–H and O–H groups in total. The van der Waals surface area contributed by atoms with Crippen molar-refractivity contribution in [3.05, 3.63) is 0 Å². The van der Waals surface area contributed by atoms with Crippen molar-refractivity contribution in [3.8, 4) is 0 Å². The van der Waals surface area contributed by atoms with Gasteiger partial charge in [0.05, 0.1) is 7.11 Å². The average Bonchev–Trinajstić information content (AvgIpc) is 1.84. The summed E-state index contributed by atoms with van der Waals surface area (Å²) in [4.78, 5) is 20.7. The molecule has 0 aromatic carbocycles. The number of methoxy groups -OCH3 is 1. The van der Waals surface area contributed by atoms with Crippen molar-refractivity contribution in [3.63, 3.8) is 0 Å². The van der Waals surface area contributed by atoms with Crippen molar-refractivity contribution in [1.82, 2.24) is 0 Å². The largest absolute Gasteiger partial charge is 0.468 e. The van der Waals surface area contributed by atoms with Crippen LogP contribution < -0.4 is 0 Å². The van der Waals surface area contributed by atoms with Crippen molar-refractivity contribution >= 4 is 31.1 Å². The molecular weight excluding hydrogens is 142 g/mol. The number of carbonyl (C=O) groups is 2. The second kappa shape index (κ2) is 3.51. The Hall–Kier alpha value is -0.505. The van der Waals surface area contributed by atoms with E-state index in [2.05, 4.69) is 4.74 Å². The van der Waals surface area contributed by atoms with E-state index in [0.29, 0.717) is 0 Å². The molecule has 0 saturated heterocycles. The first-order valence-corrected chi connectivity index (χ1v) is 2.75. The zero-order valence-electron chi connectivity index (χ0n) is 5.18. The van der Waals surface area contributed by atoms with Gasteiger partial charge in [-0.2, -0.15) is 0 Å². The van der Waals surface area contributed by atoms with Crippen LogP contribution in [-0.2, 0) is 14.3 Å². The van der Waals surface area contributed by atoms with Crippen molar-refractivity contribution in [1.29, 1.82) is 0 Å². The highest BCUT2D eigenvalue weighted by Gasteiger charge is 2.19. The van der Waals surface area contributed by atoms with Gasteiger partial charge in [0, 0.05) is 0 Å². The average molecular weight is 148 g/mol. The molecule has 0 aromatic heterocycles. The number of ether oxygens (including phenoxy) is 1. The van der Waals surface area contributed by atoms with Crippen LogP contribution in [0, 0.1) is 0 Å². The zero-order chi connectivity index (χ0) is 7.44. The van der Waals surface area contributed by atoms with E-state index in [1.54, 1.807) is 0 Å². The Morgan fingerprint density at radius 2 is 2.11 bits per heavy atom. The first kappa shape index (κ1) is 8.49. The summed E-state index contributed by atoms with van der Waals surface area (Å²) in [6.45, 7) is 0. The van der Waals surface area contributed by atoms with E-state index in [-0.39, 0.29) is 0 Å². The Morgan fingerprint density at radius 3 is 2.22 bits per heavy atom. The minimum atomic E-state index is -1.14. The van der Waals surface area contributed by atoms with Gasteiger partial charge in [0.25, 0.3) is 0 Å². The first-order chi connectivity index (χ1) is 4.09. The van der Waals surface area contributed by atoms with Gasteiger partial charge in [-0.1, -0.05) is 0 Å². The summed E-state index contributed by atoms with van der Waals surface area (Å²) in [6, 6.07) is 0. The van der Waals surface area contributed by atoms with E-state index >= 15 is 0 Å². The number of carbonyl (C=O) groups excluding carboxylic acids is 2. The lowest BCUT2D eigenvalue weighted by molar-refractivity contribution is -0.141. The molecule has 9 heavy (non-hydrogen) atoms. The fourth-order valence-electron chi connectivity index (χ4n) is 0.269. The number of alkyl halides is 1. The van der Waals surface area contributed by atoms with E-state index in [1.807, 2.05) is 0 Å². The summed E-state index contributed by atoms with van der Waals surface area (Å²) in [6.07, 6.45) is 0. The molecule has 0 bridgehead atoms. The molecule has 0 amide bonds. The first-order valence-electron chi connectivity index (χ1n) is 2.32. The minimum Gasteiger partial charge on any atom is -0.468 e. The van der Waals surface area contributed by atoms with Crippen molar-refractivity contribution in [2.24, 2.45) is 0 Å². The third-order valence-electron chi connectivity index (χ3n) is 0.765. The van der Waals surface area contributed by atoms with Crippen molar-refractivity contribution < 1.29 is 14.3 Å². The van der Waals surface area contributed by atoms with Gasteiger partial charge in [-0.05, 0) is 0 Å². The smallest absolute Gasteiger partial charge is 0.330 e. The summed E-state index contributed by atoms with van der Waals surface area (Å²) in [5, 5.41) is -1.14. The number of halogens is 1. The predicted octanol–water partition coefficient (Wildman–Crippen LogP) is -1.07. The van der Waals surface area contributed by atoms with Crippen LogP contribution in [0.25, 0.3) is 0 Å². The van der Waals surface area contributed by atoms with Crippen LogP contribution in [0.1, 0.15) is 0 Å². The van der Waals surface area contributed by atoms with Gasteiger partial charge in [-0.25, -0.2) is 0 Å². The molecule has 0 spiro atoms. The van der Waals surface area contributed by atoms with Crippen LogP contribution in [0.5, 0.6) is 0 Å². The fourth-order valence-corrected chi connectivity index (χ4v) is 0.359. The summed E-state index contributed by atoms with van der Waals surface area (Å²) < 4.78 is 4.18. The Kier molecular flexibility index (Phi) is 3.31. The van der Waals surface area contributed by atoms with Crippen LogP contribution in [0.15, 0.2) is 0 Å². The van der Waals surface area contributed by atoms with Gasteiger partial charge in [0.1, 0.15) is 5.68 Å². The molecule has 1 atom stereocenters. The maximum absolute atomic E-state index is 10.4. The van der Waals surface area contributed by atoms with Gasteiger partial charge >= 0.3 is 5.97 Å². The summed E-state index contributed by atoms with van der Waals surface area (Å²) in [5.74, 6) is -0.704. The third kappa shape index (κ3) is 2.51. The number of hydrogen-bond donors (Lipinski definition) is 0. The summed E-state index contributed by atoms with van der Waals surface area (Å²) in [7, 11) is 2.41. The lowest BCUT2D eigenvalue weighted by Crippen LogP contribution is -2.25. The van der Waals surface area contributed by atoms with Crippen LogP contribution in [0.3, 0.4) is 0 Å². The standard InChI is InChI=1S/C4H6BClO3/c1-9-4(8)2(6)3(5)7/h2H,5H2,1H3. The highest BCUT2D eigenvalue weighted by atomic mass is 35.5. The molecule has 1 unspecified atom stereocenters. The molecule has 3 nitrogen and oxygen atoms in total. The molecule has 5 heteroatoms. The molecule has 0 fully saturated rings. The molecule has 0 radical (unpaired) electrons. The van der Waals surface area contributed by atoms with Crippen molar-refractivity contribution in [2.75, 3.05) is 7.11 Å². The minimum absolute atomic E-state index is 0.400. The van der Waals surface area contributed by atoms with Gasteiger partial charge in [0.15, 0.2) is 13.2 Å². The second-order valence-electron chi connectivity index (χ2n) is 1.50. The summed E-state index contributed by atoms with van der Waals surface area (Å²) in [5.41, 5.74) is -0.400. The number of hydrogen-bond acceptors (Lipinski definition) is 3. The van der Waals surface area contributed by atoms with Crippen LogP contribution >= 0.6 is 11.6 Å². The van der Waals surface area contributed by atoms with Gasteiger partial charge in [-0.15, -0.1) is 11.6 Å².